The number of aromatic nitrogens is 1. The molecule has 2 spiro atoms. The Balaban J connectivity index is 1.28. The second-order valence-corrected chi connectivity index (χ2v) is 7.89. The zero-order chi connectivity index (χ0) is 19.2. The van der Waals surface area contributed by atoms with Crippen molar-refractivity contribution >= 4 is 17.5 Å². The molecule has 2 N–H and O–H groups in total. The second-order valence-electron chi connectivity index (χ2n) is 7.89. The highest BCUT2D eigenvalue weighted by Gasteiger charge is 2.53. The van der Waals surface area contributed by atoms with E-state index in [1.54, 1.807) is 24.5 Å². The predicted octanol–water partition coefficient (Wildman–Crippen LogP) is 2.03. The van der Waals surface area contributed by atoms with Crippen LogP contribution in [0, 0.1) is 0 Å². The summed E-state index contributed by atoms with van der Waals surface area (Å²) in [5, 5.41) is 6.60. The molecule has 4 heterocycles. The number of anilines is 1. The molecule has 0 bridgehead atoms. The molecule has 0 radical (unpaired) electrons. The molecule has 1 aromatic heterocycles. The molecule has 2 saturated heterocycles. The first-order chi connectivity index (χ1) is 13.6. The van der Waals surface area contributed by atoms with Gasteiger partial charge in [-0.1, -0.05) is 12.1 Å². The lowest BCUT2D eigenvalue weighted by atomic mass is 9.84. The van der Waals surface area contributed by atoms with Crippen molar-refractivity contribution in [3.63, 3.8) is 0 Å². The normalized spacial score (nSPS) is 25.3. The number of benzene rings is 1. The van der Waals surface area contributed by atoms with Crippen molar-refractivity contribution in [2.45, 2.75) is 30.5 Å². The highest BCUT2D eigenvalue weighted by molar-refractivity contribution is 6.02. The molecule has 2 aromatic rings. The summed E-state index contributed by atoms with van der Waals surface area (Å²) in [6, 6.07) is 11.1. The summed E-state index contributed by atoms with van der Waals surface area (Å²) in [7, 11) is 0. The Hall–Kier alpha value is -2.93. The fourth-order valence-electron chi connectivity index (χ4n) is 4.56. The molecule has 1 atom stereocenters. The van der Waals surface area contributed by atoms with Crippen LogP contribution in [0.15, 0.2) is 48.8 Å². The highest BCUT2D eigenvalue weighted by Crippen LogP contribution is 2.42. The molecule has 2 fully saturated rings. The van der Waals surface area contributed by atoms with Crippen molar-refractivity contribution in [2.24, 2.45) is 0 Å². The first kappa shape index (κ1) is 17.2. The Morgan fingerprint density at radius 2 is 1.93 bits per heavy atom. The summed E-state index contributed by atoms with van der Waals surface area (Å²) in [4.78, 5) is 31.1. The summed E-state index contributed by atoms with van der Waals surface area (Å²) in [5.74, 6) is -0.0622. The van der Waals surface area contributed by atoms with Gasteiger partial charge in [-0.15, -0.1) is 0 Å². The highest BCUT2D eigenvalue weighted by atomic mass is 16.5. The van der Waals surface area contributed by atoms with Crippen LogP contribution in [0.1, 0.15) is 40.0 Å². The summed E-state index contributed by atoms with van der Waals surface area (Å²) in [5.41, 5.74) is 1.21. The number of nitrogens with one attached hydrogen (secondary N) is 2. The van der Waals surface area contributed by atoms with Gasteiger partial charge in [0.2, 0.25) is 0 Å². The molecular weight excluding hydrogens is 356 g/mol. The maximum absolute atomic E-state index is 12.7. The van der Waals surface area contributed by atoms with Crippen LogP contribution in [-0.4, -0.2) is 52.7 Å². The van der Waals surface area contributed by atoms with Crippen LogP contribution < -0.4 is 10.6 Å². The van der Waals surface area contributed by atoms with Gasteiger partial charge in [-0.05, 0) is 37.1 Å². The monoisotopic (exact) mass is 378 g/mol. The van der Waals surface area contributed by atoms with Crippen LogP contribution in [0.2, 0.25) is 0 Å². The van der Waals surface area contributed by atoms with Crippen molar-refractivity contribution in [1.29, 1.82) is 0 Å². The Labute approximate surface area is 163 Å². The average molecular weight is 378 g/mol. The number of carbonyl (C=O) groups excluding carboxylic acids is 2. The molecule has 5 rings (SSSR count). The SMILES string of the molecule is O=C1NC2(COC3(CCN(C(=O)c4cccnc4)CC3)C2)Nc2ccccc21. The number of carbonyl (C=O) groups is 2. The molecule has 7 heteroatoms. The molecule has 7 nitrogen and oxygen atoms in total. The number of fused-ring (bicyclic) bond motifs is 1. The van der Waals surface area contributed by atoms with Crippen LogP contribution in [0.25, 0.3) is 0 Å². The number of nitrogens with zero attached hydrogens (tertiary/aromatic N) is 2. The number of rotatable bonds is 1. The number of piperidine rings is 1. The maximum Gasteiger partial charge on any atom is 0.255 e. The van der Waals surface area contributed by atoms with Crippen LogP contribution in [0.5, 0.6) is 0 Å². The standard InChI is InChI=1S/C21H22N4O3/c26-18-16-5-1-2-6-17(16)23-21(24-18)13-20(28-14-21)7-10-25(11-8-20)19(27)15-4-3-9-22-12-15/h1-6,9,12,23H,7-8,10-11,13-14H2,(H,24,26). The average Bonchev–Trinajstić information content (AvgIpc) is 3.05. The van der Waals surface area contributed by atoms with E-state index in [-0.39, 0.29) is 17.4 Å². The zero-order valence-corrected chi connectivity index (χ0v) is 15.5. The molecule has 2 amide bonds. The minimum atomic E-state index is -0.582. The van der Waals surface area contributed by atoms with E-state index in [4.69, 9.17) is 4.74 Å². The third-order valence-corrected chi connectivity index (χ3v) is 6.02. The predicted molar refractivity (Wildman–Crippen MR) is 103 cm³/mol. The largest absolute Gasteiger partial charge is 0.370 e. The Bertz CT molecular complexity index is 924. The van der Waals surface area contributed by atoms with Crippen LogP contribution >= 0.6 is 0 Å². The zero-order valence-electron chi connectivity index (χ0n) is 15.5. The number of hydrogen-bond donors (Lipinski definition) is 2. The Kier molecular flexibility index (Phi) is 3.87. The first-order valence-electron chi connectivity index (χ1n) is 9.61. The fourth-order valence-corrected chi connectivity index (χ4v) is 4.56. The van der Waals surface area contributed by atoms with Gasteiger partial charge in [-0.25, -0.2) is 0 Å². The molecule has 1 unspecified atom stereocenters. The van der Waals surface area contributed by atoms with E-state index in [0.29, 0.717) is 37.2 Å². The lowest BCUT2D eigenvalue weighted by molar-refractivity contribution is -0.0393. The van der Waals surface area contributed by atoms with Crippen LogP contribution in [0.3, 0.4) is 0 Å². The Morgan fingerprint density at radius 1 is 1.11 bits per heavy atom. The van der Waals surface area contributed by atoms with E-state index >= 15 is 0 Å². The quantitative estimate of drug-likeness (QED) is 0.793. The summed E-state index contributed by atoms with van der Waals surface area (Å²) in [6.45, 7) is 1.69. The minimum absolute atomic E-state index is 0.00804. The van der Waals surface area contributed by atoms with Gasteiger partial charge in [-0.2, -0.15) is 0 Å². The van der Waals surface area contributed by atoms with Gasteiger partial charge in [0, 0.05) is 37.6 Å². The molecule has 144 valence electrons. The molecule has 3 aliphatic heterocycles. The van der Waals surface area contributed by atoms with Crippen LogP contribution in [-0.2, 0) is 4.74 Å². The second kappa shape index (κ2) is 6.31. The molecule has 3 aliphatic rings. The number of para-hydroxylation sites is 1. The van der Waals surface area contributed by atoms with E-state index in [0.717, 1.165) is 18.5 Å². The third-order valence-electron chi connectivity index (χ3n) is 6.02. The third kappa shape index (κ3) is 2.82. The van der Waals surface area contributed by atoms with Gasteiger partial charge in [0.05, 0.1) is 23.3 Å². The van der Waals surface area contributed by atoms with Gasteiger partial charge >= 0.3 is 0 Å². The summed E-state index contributed by atoms with van der Waals surface area (Å²) in [6.07, 6.45) is 5.46. The lowest BCUT2D eigenvalue weighted by Crippen LogP contribution is -2.59. The first-order valence-corrected chi connectivity index (χ1v) is 9.61. The summed E-state index contributed by atoms with van der Waals surface area (Å²) >= 11 is 0. The molecule has 1 aromatic carbocycles. The number of likely N-dealkylation sites (tertiary alicyclic amines) is 1. The molecular formula is C21H22N4O3. The fraction of sp³-hybridized carbons (Fsp3) is 0.381. The van der Waals surface area contributed by atoms with E-state index in [1.807, 2.05) is 29.2 Å². The number of pyridine rings is 1. The van der Waals surface area contributed by atoms with Crippen LogP contribution in [0.4, 0.5) is 5.69 Å². The molecule has 28 heavy (non-hydrogen) atoms. The van der Waals surface area contributed by atoms with Crippen molar-refractivity contribution in [2.75, 3.05) is 25.0 Å². The maximum atomic E-state index is 12.7. The summed E-state index contributed by atoms with van der Waals surface area (Å²) < 4.78 is 6.24. The van der Waals surface area contributed by atoms with E-state index in [1.165, 1.54) is 0 Å². The topological polar surface area (TPSA) is 83.6 Å². The van der Waals surface area contributed by atoms with Crippen molar-refractivity contribution in [1.82, 2.24) is 15.2 Å². The van der Waals surface area contributed by atoms with Gasteiger partial charge in [0.25, 0.3) is 11.8 Å². The van der Waals surface area contributed by atoms with Gasteiger partial charge in [0.1, 0.15) is 5.66 Å². The number of hydrogen-bond acceptors (Lipinski definition) is 5. The van der Waals surface area contributed by atoms with Gasteiger partial charge in [0.15, 0.2) is 0 Å². The molecule has 0 aliphatic carbocycles. The smallest absolute Gasteiger partial charge is 0.255 e. The number of ether oxygens (including phenoxy) is 1. The van der Waals surface area contributed by atoms with Gasteiger partial charge < -0.3 is 20.3 Å². The Morgan fingerprint density at radius 3 is 2.71 bits per heavy atom. The molecule has 0 saturated carbocycles. The minimum Gasteiger partial charge on any atom is -0.370 e. The lowest BCUT2D eigenvalue weighted by Gasteiger charge is -2.41. The van der Waals surface area contributed by atoms with Crippen molar-refractivity contribution < 1.29 is 14.3 Å². The van der Waals surface area contributed by atoms with E-state index in [9.17, 15) is 9.59 Å². The van der Waals surface area contributed by atoms with E-state index in [2.05, 4.69) is 15.6 Å². The van der Waals surface area contributed by atoms with Gasteiger partial charge in [-0.3, -0.25) is 14.6 Å². The van der Waals surface area contributed by atoms with Crippen molar-refractivity contribution in [3.8, 4) is 0 Å². The van der Waals surface area contributed by atoms with Crippen molar-refractivity contribution in [3.05, 3.63) is 59.9 Å². The van der Waals surface area contributed by atoms with E-state index < -0.39 is 5.66 Å². The number of amides is 2.